The van der Waals surface area contributed by atoms with Gasteiger partial charge in [0.25, 0.3) is 5.69 Å². The van der Waals surface area contributed by atoms with Gasteiger partial charge in [0.15, 0.2) is 5.12 Å². The van der Waals surface area contributed by atoms with Gasteiger partial charge in [0.1, 0.15) is 0 Å². The molecule has 88 valence electrons. The Hall–Kier alpha value is -1.80. The minimum atomic E-state index is -0.469. The summed E-state index contributed by atoms with van der Waals surface area (Å²) in [6.45, 7) is 0. The van der Waals surface area contributed by atoms with Gasteiger partial charge in [-0.2, -0.15) is 0 Å². The molecule has 0 bridgehead atoms. The molecule has 0 N–H and O–H groups in total. The third kappa shape index (κ3) is 4.70. The lowest BCUT2D eigenvalue weighted by atomic mass is 10.3. The molecule has 0 atom stereocenters. The maximum atomic E-state index is 11.5. The number of rotatable bonds is 5. The summed E-state index contributed by atoms with van der Waals surface area (Å²) in [5, 5.41) is 10.4. The first-order valence-electron chi connectivity index (χ1n) is 5.02. The highest BCUT2D eigenvalue weighted by atomic mass is 32.2. The lowest BCUT2D eigenvalue weighted by Gasteiger charge is -1.99. The van der Waals surface area contributed by atoms with Gasteiger partial charge in [-0.3, -0.25) is 14.9 Å². The second-order valence-electron chi connectivity index (χ2n) is 3.28. The molecule has 0 spiro atoms. The highest BCUT2D eigenvalue weighted by Gasteiger charge is 2.07. The molecule has 0 aliphatic heterocycles. The zero-order valence-corrected chi connectivity index (χ0v) is 9.90. The lowest BCUT2D eigenvalue weighted by molar-refractivity contribution is -0.384. The predicted molar refractivity (Wildman–Crippen MR) is 66.6 cm³/mol. The van der Waals surface area contributed by atoms with Gasteiger partial charge in [0.2, 0.25) is 0 Å². The number of thioether (sulfide) groups is 1. The van der Waals surface area contributed by atoms with Gasteiger partial charge in [-0.15, -0.1) is 12.3 Å². The van der Waals surface area contributed by atoms with E-state index in [0.29, 0.717) is 24.2 Å². The number of unbranched alkanes of at least 4 members (excludes halogenated alkanes) is 1. The van der Waals surface area contributed by atoms with E-state index in [1.165, 1.54) is 12.1 Å². The molecule has 4 nitrogen and oxygen atoms in total. The van der Waals surface area contributed by atoms with Gasteiger partial charge >= 0.3 is 0 Å². The summed E-state index contributed by atoms with van der Waals surface area (Å²) in [7, 11) is 0. The third-order valence-corrected chi connectivity index (χ3v) is 2.92. The van der Waals surface area contributed by atoms with E-state index in [-0.39, 0.29) is 10.8 Å². The Morgan fingerprint density at radius 2 is 2.06 bits per heavy atom. The summed E-state index contributed by atoms with van der Waals surface area (Å²) in [6, 6.07) is 5.91. The third-order valence-electron chi connectivity index (χ3n) is 1.98. The quantitative estimate of drug-likeness (QED) is 0.264. The van der Waals surface area contributed by atoms with E-state index in [1.54, 1.807) is 12.1 Å². The van der Waals surface area contributed by atoms with Crippen LogP contribution in [0, 0.1) is 22.5 Å². The smallest absolute Gasteiger partial charge is 0.269 e. The number of nitro benzene ring substituents is 1. The van der Waals surface area contributed by atoms with Gasteiger partial charge < -0.3 is 0 Å². The minimum Gasteiger partial charge on any atom is -0.287 e. The maximum Gasteiger partial charge on any atom is 0.269 e. The van der Waals surface area contributed by atoms with E-state index >= 15 is 0 Å². The largest absolute Gasteiger partial charge is 0.287 e. The fourth-order valence-corrected chi connectivity index (χ4v) is 1.93. The van der Waals surface area contributed by atoms with Crippen LogP contribution in [-0.4, -0.2) is 10.0 Å². The Labute approximate surface area is 104 Å². The summed E-state index contributed by atoms with van der Waals surface area (Å²) in [5.41, 5.74) is 0.0223. The van der Waals surface area contributed by atoms with Crippen LogP contribution >= 0.6 is 11.8 Å². The molecule has 0 saturated carbocycles. The highest BCUT2D eigenvalue weighted by Crippen LogP contribution is 2.23. The molecule has 17 heavy (non-hydrogen) atoms. The first kappa shape index (κ1) is 13.3. The van der Waals surface area contributed by atoms with Gasteiger partial charge in [-0.1, -0.05) is 11.8 Å². The summed E-state index contributed by atoms with van der Waals surface area (Å²) >= 11 is 1.08. The van der Waals surface area contributed by atoms with Crippen LogP contribution in [0.15, 0.2) is 29.2 Å². The number of non-ortho nitro benzene ring substituents is 1. The van der Waals surface area contributed by atoms with Crippen molar-refractivity contribution in [3.63, 3.8) is 0 Å². The number of benzene rings is 1. The molecule has 0 heterocycles. The standard InChI is InChI=1S/C12H11NO3S/c1-2-3-4-5-12(14)17-11-8-6-10(7-9-11)13(15)16/h1,6-9H,3-5H2. The molecule has 5 heteroatoms. The predicted octanol–water partition coefficient (Wildman–Crippen LogP) is 3.02. The van der Waals surface area contributed by atoms with Crippen LogP contribution < -0.4 is 0 Å². The van der Waals surface area contributed by atoms with Gasteiger partial charge in [0.05, 0.1) is 4.92 Å². The Morgan fingerprint density at radius 1 is 1.41 bits per heavy atom. The molecule has 0 radical (unpaired) electrons. The number of nitrogens with zero attached hydrogens (tertiary/aromatic N) is 1. The second kappa shape index (κ2) is 6.71. The lowest BCUT2D eigenvalue weighted by Crippen LogP contribution is -1.91. The van der Waals surface area contributed by atoms with Crippen molar-refractivity contribution in [1.82, 2.24) is 0 Å². The summed E-state index contributed by atoms with van der Waals surface area (Å²) < 4.78 is 0. The van der Waals surface area contributed by atoms with Crippen molar-refractivity contribution in [2.75, 3.05) is 0 Å². The molecule has 1 rings (SSSR count). The van der Waals surface area contributed by atoms with E-state index in [0.717, 1.165) is 11.8 Å². The van der Waals surface area contributed by atoms with Gasteiger partial charge in [-0.05, 0) is 18.6 Å². The maximum absolute atomic E-state index is 11.5. The SMILES string of the molecule is C#CCCCC(=O)Sc1ccc([N+](=O)[O-])cc1. The van der Waals surface area contributed by atoms with E-state index in [4.69, 9.17) is 6.42 Å². The van der Waals surface area contributed by atoms with Crippen LogP contribution in [0.1, 0.15) is 19.3 Å². The van der Waals surface area contributed by atoms with Gasteiger partial charge in [0, 0.05) is 29.9 Å². The van der Waals surface area contributed by atoms with Crippen molar-refractivity contribution in [1.29, 1.82) is 0 Å². The van der Waals surface area contributed by atoms with Crippen LogP contribution in [0.5, 0.6) is 0 Å². The fourth-order valence-electron chi connectivity index (χ4n) is 1.15. The van der Waals surface area contributed by atoms with Gasteiger partial charge in [-0.25, -0.2) is 0 Å². The number of terminal acetylenes is 1. The molecule has 0 fully saturated rings. The van der Waals surface area contributed by atoms with Crippen molar-refractivity contribution in [3.05, 3.63) is 34.4 Å². The fraction of sp³-hybridized carbons (Fsp3) is 0.250. The van der Waals surface area contributed by atoms with Crippen LogP contribution in [0.3, 0.4) is 0 Å². The molecule has 1 aromatic rings. The average Bonchev–Trinajstić information content (AvgIpc) is 2.30. The number of carbonyl (C=O) groups excluding carboxylic acids is 1. The molecule has 0 aliphatic carbocycles. The molecule has 1 aromatic carbocycles. The molecule has 0 unspecified atom stereocenters. The number of nitro groups is 1. The van der Waals surface area contributed by atoms with E-state index in [2.05, 4.69) is 5.92 Å². The molecule has 0 aliphatic rings. The van der Waals surface area contributed by atoms with Crippen LogP contribution in [0.25, 0.3) is 0 Å². The van der Waals surface area contributed by atoms with Crippen molar-refractivity contribution in [3.8, 4) is 12.3 Å². The first-order valence-corrected chi connectivity index (χ1v) is 5.83. The van der Waals surface area contributed by atoms with Crippen LogP contribution in [0.4, 0.5) is 5.69 Å². The normalized spacial score (nSPS) is 9.59. The average molecular weight is 249 g/mol. The molecule has 0 aromatic heterocycles. The second-order valence-corrected chi connectivity index (χ2v) is 4.41. The highest BCUT2D eigenvalue weighted by molar-refractivity contribution is 8.13. The summed E-state index contributed by atoms with van der Waals surface area (Å²) in [6.07, 6.45) is 6.77. The van der Waals surface area contributed by atoms with Crippen molar-refractivity contribution in [2.24, 2.45) is 0 Å². The van der Waals surface area contributed by atoms with Crippen molar-refractivity contribution >= 4 is 22.6 Å². The Kier molecular flexibility index (Phi) is 5.24. The van der Waals surface area contributed by atoms with Crippen LogP contribution in [0.2, 0.25) is 0 Å². The number of carbonyl (C=O) groups is 1. The topological polar surface area (TPSA) is 60.2 Å². The molecule has 0 saturated heterocycles. The van der Waals surface area contributed by atoms with E-state index in [9.17, 15) is 14.9 Å². The summed E-state index contributed by atoms with van der Waals surface area (Å²) in [5.74, 6) is 2.47. The zero-order chi connectivity index (χ0) is 12.7. The van der Waals surface area contributed by atoms with Crippen LogP contribution in [-0.2, 0) is 4.79 Å². The monoisotopic (exact) mass is 249 g/mol. The Morgan fingerprint density at radius 3 is 2.59 bits per heavy atom. The zero-order valence-electron chi connectivity index (χ0n) is 9.09. The van der Waals surface area contributed by atoms with Crippen molar-refractivity contribution in [2.45, 2.75) is 24.2 Å². The summed E-state index contributed by atoms with van der Waals surface area (Å²) in [4.78, 5) is 22.1. The van der Waals surface area contributed by atoms with E-state index in [1.807, 2.05) is 0 Å². The van der Waals surface area contributed by atoms with E-state index < -0.39 is 4.92 Å². The molecular weight excluding hydrogens is 238 g/mol. The number of hydrogen-bond donors (Lipinski definition) is 0. The Bertz CT molecular complexity index is 448. The number of hydrogen-bond acceptors (Lipinski definition) is 4. The minimum absolute atomic E-state index is 0.0223. The molecular formula is C12H11NO3S. The molecule has 0 amide bonds. The first-order chi connectivity index (χ1) is 8.13. The van der Waals surface area contributed by atoms with Crippen molar-refractivity contribution < 1.29 is 9.72 Å². The Balaban J connectivity index is 2.49.